The molecule has 0 aliphatic heterocycles. The van der Waals surface area contributed by atoms with Crippen LogP contribution < -0.4 is 5.32 Å². The first-order valence-electron chi connectivity index (χ1n) is 5.71. The fourth-order valence-corrected chi connectivity index (χ4v) is 2.00. The van der Waals surface area contributed by atoms with Crippen LogP contribution in [0.15, 0.2) is 22.7 Å². The second-order valence-corrected chi connectivity index (χ2v) is 5.26. The highest BCUT2D eigenvalue weighted by Gasteiger charge is 2.30. The van der Waals surface area contributed by atoms with Gasteiger partial charge in [-0.15, -0.1) is 0 Å². The number of hydrogen-bond donors (Lipinski definition) is 1. The molecule has 1 fully saturated rings. The number of carbonyl (C=O) groups excluding carboxylic acids is 1. The van der Waals surface area contributed by atoms with Crippen LogP contribution in [0.5, 0.6) is 0 Å². The molecule has 1 N–H and O–H groups in total. The molecule has 17 heavy (non-hydrogen) atoms. The maximum atomic E-state index is 11.8. The topological polar surface area (TPSA) is 38.3 Å². The third-order valence-electron chi connectivity index (χ3n) is 2.93. The number of ether oxygens (including phenoxy) is 1. The highest BCUT2D eigenvalue weighted by Crippen LogP contribution is 2.27. The van der Waals surface area contributed by atoms with Crippen LogP contribution >= 0.6 is 15.9 Å². The van der Waals surface area contributed by atoms with Crippen LogP contribution in [0.4, 0.5) is 0 Å². The molecule has 0 radical (unpaired) electrons. The summed E-state index contributed by atoms with van der Waals surface area (Å²) in [6, 6.07) is 6.05. The Bertz CT molecular complexity index is 429. The molecule has 1 aliphatic rings. The quantitative estimate of drug-likeness (QED) is 0.869. The molecule has 1 saturated carbocycles. The van der Waals surface area contributed by atoms with Gasteiger partial charge in [-0.25, -0.2) is 4.79 Å². The van der Waals surface area contributed by atoms with Gasteiger partial charge in [0, 0.05) is 10.5 Å². The number of carbonyl (C=O) groups is 1. The van der Waals surface area contributed by atoms with E-state index < -0.39 is 0 Å². The molecule has 0 bridgehead atoms. The van der Waals surface area contributed by atoms with E-state index in [2.05, 4.69) is 21.2 Å². The summed E-state index contributed by atoms with van der Waals surface area (Å²) >= 11 is 3.46. The molecule has 0 saturated heterocycles. The predicted octanol–water partition coefficient (Wildman–Crippen LogP) is 2.72. The molecule has 0 aromatic heterocycles. The molecule has 1 aromatic carbocycles. The Morgan fingerprint density at radius 2 is 2.24 bits per heavy atom. The molecule has 3 nitrogen and oxygen atoms in total. The summed E-state index contributed by atoms with van der Waals surface area (Å²) in [5.41, 5.74) is 2.08. The van der Waals surface area contributed by atoms with Crippen LogP contribution in [0.2, 0.25) is 0 Å². The Hall–Kier alpha value is -0.870. The van der Waals surface area contributed by atoms with Crippen molar-refractivity contribution in [3.05, 3.63) is 33.8 Å². The highest BCUT2D eigenvalue weighted by molar-refractivity contribution is 9.10. The average Bonchev–Trinajstić information content (AvgIpc) is 3.13. The summed E-state index contributed by atoms with van der Waals surface area (Å²) in [6.07, 6.45) is 2.28. The second-order valence-electron chi connectivity index (χ2n) is 4.41. The van der Waals surface area contributed by atoms with Gasteiger partial charge >= 0.3 is 5.97 Å². The summed E-state index contributed by atoms with van der Waals surface area (Å²) in [7, 11) is 1.43. The maximum absolute atomic E-state index is 11.8. The summed E-state index contributed by atoms with van der Waals surface area (Å²) in [5, 5.41) is 3.31. The number of methoxy groups -OCH3 is 1. The fourth-order valence-electron chi connectivity index (χ4n) is 1.75. The molecule has 1 aliphatic carbocycles. The van der Waals surface area contributed by atoms with Gasteiger partial charge in [0.05, 0.1) is 7.11 Å². The molecule has 1 atom stereocenters. The van der Waals surface area contributed by atoms with Gasteiger partial charge in [0.1, 0.15) is 6.04 Å². The molecule has 0 amide bonds. The van der Waals surface area contributed by atoms with E-state index in [0.717, 1.165) is 28.4 Å². The molecule has 4 heteroatoms. The lowest BCUT2D eigenvalue weighted by atomic mass is 10.0. The summed E-state index contributed by atoms with van der Waals surface area (Å²) in [4.78, 5) is 11.8. The van der Waals surface area contributed by atoms with E-state index in [1.54, 1.807) is 0 Å². The van der Waals surface area contributed by atoms with E-state index in [1.807, 2.05) is 25.1 Å². The van der Waals surface area contributed by atoms with E-state index in [4.69, 9.17) is 4.74 Å². The van der Waals surface area contributed by atoms with Crippen molar-refractivity contribution in [2.24, 2.45) is 0 Å². The molecule has 0 spiro atoms. The zero-order chi connectivity index (χ0) is 12.4. The number of benzene rings is 1. The normalized spacial score (nSPS) is 16.6. The van der Waals surface area contributed by atoms with Crippen molar-refractivity contribution >= 4 is 21.9 Å². The van der Waals surface area contributed by atoms with Crippen LogP contribution in [0.3, 0.4) is 0 Å². The van der Waals surface area contributed by atoms with Crippen LogP contribution in [0.25, 0.3) is 0 Å². The van der Waals surface area contributed by atoms with Gasteiger partial charge in [0.2, 0.25) is 0 Å². The molecule has 2 rings (SSSR count). The van der Waals surface area contributed by atoms with Crippen molar-refractivity contribution in [1.82, 2.24) is 5.32 Å². The van der Waals surface area contributed by atoms with Gasteiger partial charge in [-0.1, -0.05) is 28.1 Å². The Kier molecular flexibility index (Phi) is 3.84. The predicted molar refractivity (Wildman–Crippen MR) is 69.8 cm³/mol. The SMILES string of the molecule is COC(=O)C(NC1CC1)c1ccc(Br)c(C)c1. The lowest BCUT2D eigenvalue weighted by Gasteiger charge is -2.17. The van der Waals surface area contributed by atoms with Gasteiger partial charge in [-0.05, 0) is 37.0 Å². The maximum Gasteiger partial charge on any atom is 0.327 e. The number of halogens is 1. The third-order valence-corrected chi connectivity index (χ3v) is 3.82. The molecular weight excluding hydrogens is 282 g/mol. The minimum atomic E-state index is -0.348. The molecule has 0 heterocycles. The molecule has 1 aromatic rings. The van der Waals surface area contributed by atoms with Crippen molar-refractivity contribution < 1.29 is 9.53 Å². The first-order valence-corrected chi connectivity index (χ1v) is 6.51. The fraction of sp³-hybridized carbons (Fsp3) is 0.462. The molecular formula is C13H16BrNO2. The first kappa shape index (κ1) is 12.6. The number of hydrogen-bond acceptors (Lipinski definition) is 3. The van der Waals surface area contributed by atoms with Gasteiger partial charge in [0.15, 0.2) is 0 Å². The zero-order valence-corrected chi connectivity index (χ0v) is 11.6. The first-order chi connectivity index (χ1) is 8.11. The number of aryl methyl sites for hydroxylation is 1. The van der Waals surface area contributed by atoms with Crippen LogP contribution in [0, 0.1) is 6.92 Å². The Morgan fingerprint density at radius 3 is 2.76 bits per heavy atom. The number of rotatable bonds is 4. The van der Waals surface area contributed by atoms with E-state index in [1.165, 1.54) is 7.11 Å². The monoisotopic (exact) mass is 297 g/mol. The van der Waals surface area contributed by atoms with Gasteiger partial charge in [0.25, 0.3) is 0 Å². The van der Waals surface area contributed by atoms with Crippen LogP contribution in [0.1, 0.15) is 30.0 Å². The van der Waals surface area contributed by atoms with Crippen molar-refractivity contribution in [3.63, 3.8) is 0 Å². The van der Waals surface area contributed by atoms with Crippen molar-refractivity contribution in [3.8, 4) is 0 Å². The minimum Gasteiger partial charge on any atom is -0.468 e. The number of esters is 1. The highest BCUT2D eigenvalue weighted by atomic mass is 79.9. The second kappa shape index (κ2) is 5.19. The standard InChI is InChI=1S/C13H16BrNO2/c1-8-7-9(3-6-11(8)14)12(13(16)17-2)15-10-4-5-10/h3,6-7,10,12,15H,4-5H2,1-2H3. The Balaban J connectivity index is 2.23. The lowest BCUT2D eigenvalue weighted by Crippen LogP contribution is -2.31. The van der Waals surface area contributed by atoms with E-state index >= 15 is 0 Å². The van der Waals surface area contributed by atoms with E-state index in [0.29, 0.717) is 6.04 Å². The van der Waals surface area contributed by atoms with Crippen molar-refractivity contribution in [1.29, 1.82) is 0 Å². The summed E-state index contributed by atoms with van der Waals surface area (Å²) in [6.45, 7) is 2.01. The lowest BCUT2D eigenvalue weighted by molar-refractivity contribution is -0.143. The zero-order valence-electron chi connectivity index (χ0n) is 10.00. The van der Waals surface area contributed by atoms with Gasteiger partial charge < -0.3 is 4.74 Å². The average molecular weight is 298 g/mol. The van der Waals surface area contributed by atoms with E-state index in [9.17, 15) is 4.79 Å². The third kappa shape index (κ3) is 3.07. The Labute approximate surface area is 110 Å². The Morgan fingerprint density at radius 1 is 1.53 bits per heavy atom. The van der Waals surface area contributed by atoms with Crippen LogP contribution in [-0.4, -0.2) is 19.1 Å². The smallest absolute Gasteiger partial charge is 0.327 e. The molecule has 92 valence electrons. The minimum absolute atomic E-state index is 0.223. The van der Waals surface area contributed by atoms with Gasteiger partial charge in [-0.3, -0.25) is 5.32 Å². The van der Waals surface area contributed by atoms with Gasteiger partial charge in [-0.2, -0.15) is 0 Å². The van der Waals surface area contributed by atoms with Crippen molar-refractivity contribution in [2.45, 2.75) is 31.8 Å². The molecule has 1 unspecified atom stereocenters. The summed E-state index contributed by atoms with van der Waals surface area (Å²) in [5.74, 6) is -0.223. The largest absolute Gasteiger partial charge is 0.468 e. The van der Waals surface area contributed by atoms with E-state index in [-0.39, 0.29) is 12.0 Å². The summed E-state index contributed by atoms with van der Waals surface area (Å²) < 4.78 is 5.90. The van der Waals surface area contributed by atoms with Crippen molar-refractivity contribution in [2.75, 3.05) is 7.11 Å². The number of nitrogens with one attached hydrogen (secondary N) is 1. The van der Waals surface area contributed by atoms with Crippen LogP contribution in [-0.2, 0) is 9.53 Å².